The first-order chi connectivity index (χ1) is 9.60. The standard InChI is InChI=1S/C17H17F2N/c1-10-7-14(16(19)9-15(10)18)12-3-5-13-11(8-12)4-6-17(13)20-2/h3,5,7-9,17,20H,4,6H2,1-2H3. The minimum absolute atomic E-state index is 0.388. The number of aryl methyl sites for hydroxylation is 2. The van der Waals surface area contributed by atoms with Crippen LogP contribution >= 0.6 is 0 Å². The van der Waals surface area contributed by atoms with Crippen molar-refractivity contribution < 1.29 is 8.78 Å². The summed E-state index contributed by atoms with van der Waals surface area (Å²) in [6.45, 7) is 1.66. The molecule has 3 heteroatoms. The molecule has 1 nitrogen and oxygen atoms in total. The second kappa shape index (κ2) is 4.98. The number of rotatable bonds is 2. The fraction of sp³-hybridized carbons (Fsp3) is 0.294. The molecule has 2 aromatic carbocycles. The maximum absolute atomic E-state index is 14.0. The average molecular weight is 273 g/mol. The summed E-state index contributed by atoms with van der Waals surface area (Å²) in [5.41, 5.74) is 4.30. The van der Waals surface area contributed by atoms with Gasteiger partial charge in [0.2, 0.25) is 0 Å². The molecule has 0 aromatic heterocycles. The molecular weight excluding hydrogens is 256 g/mol. The molecule has 0 saturated carbocycles. The van der Waals surface area contributed by atoms with Crippen LogP contribution in [0, 0.1) is 18.6 Å². The van der Waals surface area contributed by atoms with Crippen molar-refractivity contribution >= 4 is 0 Å². The highest BCUT2D eigenvalue weighted by molar-refractivity contribution is 5.67. The van der Waals surface area contributed by atoms with Crippen molar-refractivity contribution in [3.05, 3.63) is 58.7 Å². The second-order valence-electron chi connectivity index (χ2n) is 5.37. The van der Waals surface area contributed by atoms with Crippen LogP contribution in [0.15, 0.2) is 30.3 Å². The lowest BCUT2D eigenvalue weighted by atomic mass is 9.98. The SMILES string of the molecule is CNC1CCc2cc(-c3cc(C)c(F)cc3F)ccc21. The van der Waals surface area contributed by atoms with Crippen LogP contribution in [-0.4, -0.2) is 7.05 Å². The van der Waals surface area contributed by atoms with Crippen molar-refractivity contribution in [2.24, 2.45) is 0 Å². The number of hydrogen-bond donors (Lipinski definition) is 1. The smallest absolute Gasteiger partial charge is 0.133 e. The van der Waals surface area contributed by atoms with Gasteiger partial charge in [-0.3, -0.25) is 0 Å². The summed E-state index contributed by atoms with van der Waals surface area (Å²) < 4.78 is 27.3. The fourth-order valence-corrected chi connectivity index (χ4v) is 2.96. The molecule has 20 heavy (non-hydrogen) atoms. The Morgan fingerprint density at radius 1 is 1.10 bits per heavy atom. The maximum Gasteiger partial charge on any atom is 0.133 e. The Kier molecular flexibility index (Phi) is 3.30. The van der Waals surface area contributed by atoms with E-state index in [0.29, 0.717) is 17.2 Å². The number of nitrogens with one attached hydrogen (secondary N) is 1. The molecule has 3 rings (SSSR count). The van der Waals surface area contributed by atoms with E-state index in [1.807, 2.05) is 19.2 Å². The van der Waals surface area contributed by atoms with E-state index in [1.165, 1.54) is 11.1 Å². The topological polar surface area (TPSA) is 12.0 Å². The Hall–Kier alpha value is -1.74. The van der Waals surface area contributed by atoms with E-state index < -0.39 is 11.6 Å². The molecule has 1 aliphatic rings. The predicted octanol–water partition coefficient (Wildman–Crippen LogP) is 4.15. The Balaban J connectivity index is 2.06. The van der Waals surface area contributed by atoms with Gasteiger partial charge in [0.1, 0.15) is 11.6 Å². The highest BCUT2D eigenvalue weighted by Crippen LogP contribution is 2.35. The minimum atomic E-state index is -0.504. The van der Waals surface area contributed by atoms with Crippen LogP contribution in [0.25, 0.3) is 11.1 Å². The van der Waals surface area contributed by atoms with E-state index in [9.17, 15) is 8.78 Å². The maximum atomic E-state index is 14.0. The van der Waals surface area contributed by atoms with Crippen molar-refractivity contribution in [3.63, 3.8) is 0 Å². The third kappa shape index (κ3) is 2.12. The van der Waals surface area contributed by atoms with Gasteiger partial charge < -0.3 is 5.32 Å². The first kappa shape index (κ1) is 13.3. The van der Waals surface area contributed by atoms with Gasteiger partial charge in [-0.2, -0.15) is 0 Å². The van der Waals surface area contributed by atoms with Gasteiger partial charge in [0.05, 0.1) is 0 Å². The molecule has 0 bridgehead atoms. The van der Waals surface area contributed by atoms with E-state index >= 15 is 0 Å². The van der Waals surface area contributed by atoms with Gasteiger partial charge >= 0.3 is 0 Å². The summed E-state index contributed by atoms with van der Waals surface area (Å²) in [6, 6.07) is 8.94. The number of fused-ring (bicyclic) bond motifs is 1. The Labute approximate surface area is 117 Å². The zero-order valence-electron chi connectivity index (χ0n) is 11.6. The van der Waals surface area contributed by atoms with Gasteiger partial charge in [0.25, 0.3) is 0 Å². The predicted molar refractivity (Wildman–Crippen MR) is 76.7 cm³/mol. The van der Waals surface area contributed by atoms with Crippen LogP contribution < -0.4 is 5.32 Å². The quantitative estimate of drug-likeness (QED) is 0.867. The third-order valence-electron chi connectivity index (χ3n) is 4.13. The Morgan fingerprint density at radius 3 is 2.65 bits per heavy atom. The molecule has 0 fully saturated rings. The molecule has 1 aliphatic carbocycles. The molecule has 0 amide bonds. The fourth-order valence-electron chi connectivity index (χ4n) is 2.96. The second-order valence-corrected chi connectivity index (χ2v) is 5.37. The lowest BCUT2D eigenvalue weighted by Gasteiger charge is -2.11. The summed E-state index contributed by atoms with van der Waals surface area (Å²) in [7, 11) is 1.96. The number of hydrogen-bond acceptors (Lipinski definition) is 1. The zero-order valence-corrected chi connectivity index (χ0v) is 11.6. The van der Waals surface area contributed by atoms with E-state index in [-0.39, 0.29) is 0 Å². The first-order valence-electron chi connectivity index (χ1n) is 6.86. The Morgan fingerprint density at radius 2 is 1.90 bits per heavy atom. The van der Waals surface area contributed by atoms with Gasteiger partial charge in [-0.1, -0.05) is 18.2 Å². The molecule has 1 N–H and O–H groups in total. The normalized spacial score (nSPS) is 17.3. The van der Waals surface area contributed by atoms with Crippen molar-refractivity contribution in [1.82, 2.24) is 5.32 Å². The zero-order chi connectivity index (χ0) is 14.3. The Bertz CT molecular complexity index is 664. The van der Waals surface area contributed by atoms with Gasteiger partial charge in [-0.05, 0) is 55.1 Å². The van der Waals surface area contributed by atoms with Crippen LogP contribution in [0.2, 0.25) is 0 Å². The van der Waals surface area contributed by atoms with Gasteiger partial charge in [0, 0.05) is 17.7 Å². The summed E-state index contributed by atoms with van der Waals surface area (Å²) in [5.74, 6) is -1.00. The van der Waals surface area contributed by atoms with Crippen LogP contribution in [-0.2, 0) is 6.42 Å². The molecule has 2 aromatic rings. The van der Waals surface area contributed by atoms with E-state index in [2.05, 4.69) is 11.4 Å². The van der Waals surface area contributed by atoms with Crippen LogP contribution in [0.1, 0.15) is 29.2 Å². The monoisotopic (exact) mass is 273 g/mol. The summed E-state index contributed by atoms with van der Waals surface area (Å²) in [4.78, 5) is 0. The molecule has 1 unspecified atom stereocenters. The van der Waals surface area contributed by atoms with Gasteiger partial charge in [-0.15, -0.1) is 0 Å². The third-order valence-corrected chi connectivity index (χ3v) is 4.13. The molecule has 1 atom stereocenters. The van der Waals surface area contributed by atoms with Gasteiger partial charge in [0.15, 0.2) is 0 Å². The number of benzene rings is 2. The minimum Gasteiger partial charge on any atom is -0.313 e. The highest BCUT2D eigenvalue weighted by atomic mass is 19.1. The molecule has 0 spiro atoms. The summed E-state index contributed by atoms with van der Waals surface area (Å²) in [6.07, 6.45) is 2.07. The largest absolute Gasteiger partial charge is 0.313 e. The van der Waals surface area contributed by atoms with E-state index in [4.69, 9.17) is 0 Å². The van der Waals surface area contributed by atoms with Crippen molar-refractivity contribution in [3.8, 4) is 11.1 Å². The van der Waals surface area contributed by atoms with Crippen LogP contribution in [0.3, 0.4) is 0 Å². The molecular formula is C17H17F2N. The van der Waals surface area contributed by atoms with Gasteiger partial charge in [-0.25, -0.2) is 8.78 Å². The van der Waals surface area contributed by atoms with Crippen molar-refractivity contribution in [2.75, 3.05) is 7.05 Å². The van der Waals surface area contributed by atoms with E-state index in [1.54, 1.807) is 13.0 Å². The summed E-state index contributed by atoms with van der Waals surface area (Å²) in [5, 5.41) is 3.28. The molecule has 0 saturated heterocycles. The lowest BCUT2D eigenvalue weighted by molar-refractivity contribution is 0.579. The molecule has 0 aliphatic heterocycles. The van der Waals surface area contributed by atoms with Crippen molar-refractivity contribution in [1.29, 1.82) is 0 Å². The molecule has 0 radical (unpaired) electrons. The van der Waals surface area contributed by atoms with Crippen LogP contribution in [0.5, 0.6) is 0 Å². The van der Waals surface area contributed by atoms with E-state index in [0.717, 1.165) is 24.5 Å². The first-order valence-corrected chi connectivity index (χ1v) is 6.86. The molecule has 0 heterocycles. The van der Waals surface area contributed by atoms with Crippen molar-refractivity contribution in [2.45, 2.75) is 25.8 Å². The number of halogens is 2. The lowest BCUT2D eigenvalue weighted by Crippen LogP contribution is -2.12. The summed E-state index contributed by atoms with van der Waals surface area (Å²) >= 11 is 0. The highest BCUT2D eigenvalue weighted by Gasteiger charge is 2.21. The molecule has 104 valence electrons. The van der Waals surface area contributed by atoms with Crippen LogP contribution in [0.4, 0.5) is 8.78 Å². The average Bonchev–Trinajstić information content (AvgIpc) is 2.85.